The van der Waals surface area contributed by atoms with Crippen LogP contribution in [-0.4, -0.2) is 25.5 Å². The molecule has 0 unspecified atom stereocenters. The van der Waals surface area contributed by atoms with Crippen LogP contribution in [0.25, 0.3) is 0 Å². The van der Waals surface area contributed by atoms with Gasteiger partial charge in [-0.05, 0) is 31.5 Å². The Balaban J connectivity index is 0.00000361. The molecule has 0 aliphatic rings. The molecule has 0 bridgehead atoms. The summed E-state index contributed by atoms with van der Waals surface area (Å²) in [5.74, 6) is -0.484. The Hall–Kier alpha value is -1.75. The number of nitrogens with two attached hydrogens (primary N) is 1. The number of benzene rings is 1. The first-order chi connectivity index (χ1) is 8.85. The number of hydrogen-bond acceptors (Lipinski definition) is 4. The molecule has 0 atom stereocenters. The number of amides is 1. The highest BCUT2D eigenvalue weighted by molar-refractivity contribution is 5.85. The van der Waals surface area contributed by atoms with Gasteiger partial charge in [0, 0.05) is 12.2 Å². The van der Waals surface area contributed by atoms with Crippen LogP contribution in [0.5, 0.6) is 0 Å². The minimum absolute atomic E-state index is 0. The number of rotatable bonds is 5. The largest absolute Gasteiger partial charge is 0.469 e. The summed E-state index contributed by atoms with van der Waals surface area (Å²) in [4.78, 5) is 23.2. The second kappa shape index (κ2) is 7.75. The van der Waals surface area contributed by atoms with Gasteiger partial charge in [-0.15, -0.1) is 12.4 Å². The van der Waals surface area contributed by atoms with Crippen LogP contribution in [0.1, 0.15) is 19.4 Å². The number of anilines is 1. The topological polar surface area (TPSA) is 81.4 Å². The number of carbonyl (C=O) groups is 2. The minimum atomic E-state index is -0.731. The second-order valence-electron chi connectivity index (χ2n) is 5.07. The quantitative estimate of drug-likeness (QED) is 0.638. The SMILES string of the molecule is COC(=O)C(C)(C)CNC(=O)Cc1ccc(N)cc1.Cl. The van der Waals surface area contributed by atoms with Gasteiger partial charge in [-0.3, -0.25) is 9.59 Å². The van der Waals surface area contributed by atoms with Crippen LogP contribution in [0.2, 0.25) is 0 Å². The maximum absolute atomic E-state index is 11.8. The molecular formula is C14H21ClN2O3. The second-order valence-corrected chi connectivity index (χ2v) is 5.07. The van der Waals surface area contributed by atoms with Gasteiger partial charge in [0.25, 0.3) is 0 Å². The van der Waals surface area contributed by atoms with Crippen molar-refractivity contribution in [2.24, 2.45) is 5.41 Å². The number of carbonyl (C=O) groups excluding carboxylic acids is 2. The summed E-state index contributed by atoms with van der Waals surface area (Å²) in [5.41, 5.74) is 6.38. The fourth-order valence-corrected chi connectivity index (χ4v) is 1.55. The normalized spacial score (nSPS) is 10.3. The van der Waals surface area contributed by atoms with Gasteiger partial charge >= 0.3 is 5.97 Å². The van der Waals surface area contributed by atoms with Crippen molar-refractivity contribution >= 4 is 30.0 Å². The standard InChI is InChI=1S/C14H20N2O3.ClH/c1-14(2,13(18)19-3)9-16-12(17)8-10-4-6-11(15)7-5-10;/h4-7H,8-9,15H2,1-3H3,(H,16,17);1H. The van der Waals surface area contributed by atoms with Gasteiger partial charge in [-0.25, -0.2) is 0 Å². The Kier molecular flexibility index (Phi) is 7.07. The summed E-state index contributed by atoms with van der Waals surface area (Å²) >= 11 is 0. The minimum Gasteiger partial charge on any atom is -0.469 e. The van der Waals surface area contributed by atoms with Crippen molar-refractivity contribution < 1.29 is 14.3 Å². The summed E-state index contributed by atoms with van der Waals surface area (Å²) in [5, 5.41) is 2.73. The van der Waals surface area contributed by atoms with Crippen molar-refractivity contribution in [1.82, 2.24) is 5.32 Å². The number of nitrogens with one attached hydrogen (secondary N) is 1. The van der Waals surface area contributed by atoms with Crippen LogP contribution < -0.4 is 11.1 Å². The first kappa shape index (κ1) is 18.2. The molecule has 0 aliphatic heterocycles. The highest BCUT2D eigenvalue weighted by atomic mass is 35.5. The number of halogens is 1. The number of ether oxygens (including phenoxy) is 1. The van der Waals surface area contributed by atoms with Crippen molar-refractivity contribution in [1.29, 1.82) is 0 Å². The van der Waals surface area contributed by atoms with Gasteiger partial charge in [0.2, 0.25) is 5.91 Å². The maximum atomic E-state index is 11.8. The Bertz CT molecular complexity index is 458. The Morgan fingerprint density at radius 2 is 1.80 bits per heavy atom. The Morgan fingerprint density at radius 1 is 1.25 bits per heavy atom. The summed E-state index contributed by atoms with van der Waals surface area (Å²) in [6.07, 6.45) is 0.261. The smallest absolute Gasteiger partial charge is 0.313 e. The van der Waals surface area contributed by atoms with Gasteiger partial charge in [0.15, 0.2) is 0 Å². The van der Waals surface area contributed by atoms with E-state index in [4.69, 9.17) is 5.73 Å². The zero-order valence-corrected chi connectivity index (χ0v) is 12.8. The third-order valence-electron chi connectivity index (χ3n) is 2.81. The molecule has 0 fully saturated rings. The molecule has 0 saturated heterocycles. The van der Waals surface area contributed by atoms with Crippen molar-refractivity contribution in [3.8, 4) is 0 Å². The molecule has 3 N–H and O–H groups in total. The zero-order valence-electron chi connectivity index (χ0n) is 11.9. The number of hydrogen-bond donors (Lipinski definition) is 2. The first-order valence-electron chi connectivity index (χ1n) is 6.04. The molecule has 0 saturated carbocycles. The fourth-order valence-electron chi connectivity index (χ4n) is 1.55. The molecule has 0 spiro atoms. The Labute approximate surface area is 125 Å². The van der Waals surface area contributed by atoms with Crippen LogP contribution in [0, 0.1) is 5.41 Å². The van der Waals surface area contributed by atoms with Crippen molar-refractivity contribution in [2.45, 2.75) is 20.3 Å². The van der Waals surface area contributed by atoms with Crippen LogP contribution in [-0.2, 0) is 20.7 Å². The molecule has 1 rings (SSSR count). The third-order valence-corrected chi connectivity index (χ3v) is 2.81. The third kappa shape index (κ3) is 5.48. The van der Waals surface area contributed by atoms with E-state index >= 15 is 0 Å². The predicted molar refractivity (Wildman–Crippen MR) is 80.6 cm³/mol. The molecule has 0 aromatic heterocycles. The molecule has 0 radical (unpaired) electrons. The lowest BCUT2D eigenvalue weighted by molar-refractivity contribution is -0.150. The number of esters is 1. The lowest BCUT2D eigenvalue weighted by atomic mass is 9.93. The van der Waals surface area contributed by atoms with E-state index in [0.717, 1.165) is 5.56 Å². The number of methoxy groups -OCH3 is 1. The maximum Gasteiger partial charge on any atom is 0.313 e. The molecule has 5 nitrogen and oxygen atoms in total. The van der Waals surface area contributed by atoms with E-state index in [-0.39, 0.29) is 37.2 Å². The highest BCUT2D eigenvalue weighted by Crippen LogP contribution is 2.15. The molecular weight excluding hydrogens is 280 g/mol. The van der Waals surface area contributed by atoms with Gasteiger partial charge in [-0.2, -0.15) is 0 Å². The van der Waals surface area contributed by atoms with Crippen LogP contribution >= 0.6 is 12.4 Å². The van der Waals surface area contributed by atoms with Crippen LogP contribution in [0.3, 0.4) is 0 Å². The van der Waals surface area contributed by atoms with Crippen molar-refractivity contribution in [3.63, 3.8) is 0 Å². The van der Waals surface area contributed by atoms with Gasteiger partial charge in [-0.1, -0.05) is 12.1 Å². The molecule has 20 heavy (non-hydrogen) atoms. The summed E-state index contributed by atoms with van der Waals surface area (Å²) in [7, 11) is 1.33. The molecule has 1 aromatic rings. The monoisotopic (exact) mass is 300 g/mol. The average molecular weight is 301 g/mol. The van der Waals surface area contributed by atoms with Crippen LogP contribution in [0.15, 0.2) is 24.3 Å². The zero-order chi connectivity index (χ0) is 14.5. The molecule has 1 aromatic carbocycles. The van der Waals surface area contributed by atoms with Gasteiger partial charge in [0.1, 0.15) is 0 Å². The lowest BCUT2D eigenvalue weighted by Crippen LogP contribution is -2.40. The van der Waals surface area contributed by atoms with E-state index in [0.29, 0.717) is 5.69 Å². The Morgan fingerprint density at radius 3 is 2.30 bits per heavy atom. The van der Waals surface area contributed by atoms with Gasteiger partial charge in [0.05, 0.1) is 18.9 Å². The lowest BCUT2D eigenvalue weighted by Gasteiger charge is -2.21. The first-order valence-corrected chi connectivity index (χ1v) is 6.04. The summed E-state index contributed by atoms with van der Waals surface area (Å²) in [6.45, 7) is 3.69. The van der Waals surface area contributed by atoms with E-state index in [1.165, 1.54) is 7.11 Å². The molecule has 112 valence electrons. The number of nitrogen functional groups attached to an aromatic ring is 1. The molecule has 1 amide bonds. The fraction of sp³-hybridized carbons (Fsp3) is 0.429. The van der Waals surface area contributed by atoms with Crippen LogP contribution in [0.4, 0.5) is 5.69 Å². The average Bonchev–Trinajstić information content (AvgIpc) is 2.38. The van der Waals surface area contributed by atoms with E-state index in [1.54, 1.807) is 38.1 Å². The van der Waals surface area contributed by atoms with E-state index in [1.807, 2.05) is 0 Å². The highest BCUT2D eigenvalue weighted by Gasteiger charge is 2.28. The molecule has 6 heteroatoms. The summed E-state index contributed by atoms with van der Waals surface area (Å²) < 4.78 is 4.67. The molecule has 0 heterocycles. The van der Waals surface area contributed by atoms with Crippen molar-refractivity contribution in [3.05, 3.63) is 29.8 Å². The van der Waals surface area contributed by atoms with E-state index < -0.39 is 5.41 Å². The van der Waals surface area contributed by atoms with E-state index in [9.17, 15) is 9.59 Å². The predicted octanol–water partition coefficient (Wildman–Crippen LogP) is 1.55. The van der Waals surface area contributed by atoms with Gasteiger partial charge < -0.3 is 15.8 Å². The molecule has 0 aliphatic carbocycles. The van der Waals surface area contributed by atoms with Crippen molar-refractivity contribution in [2.75, 3.05) is 19.4 Å². The van der Waals surface area contributed by atoms with E-state index in [2.05, 4.69) is 10.1 Å². The summed E-state index contributed by atoms with van der Waals surface area (Å²) in [6, 6.07) is 7.11.